The molecule has 1 heterocycles. The third-order valence-electron chi connectivity index (χ3n) is 4.66. The SMILES string of the molecule is COCCC(N)C(=O)C1CCOC2(CCCCC2)C1. The van der Waals surface area contributed by atoms with E-state index in [4.69, 9.17) is 15.2 Å². The number of hydrogen-bond acceptors (Lipinski definition) is 4. The summed E-state index contributed by atoms with van der Waals surface area (Å²) in [7, 11) is 1.64. The summed E-state index contributed by atoms with van der Waals surface area (Å²) in [6.45, 7) is 1.27. The van der Waals surface area contributed by atoms with Gasteiger partial charge in [0.15, 0.2) is 5.78 Å². The van der Waals surface area contributed by atoms with Crippen LogP contribution < -0.4 is 5.73 Å². The summed E-state index contributed by atoms with van der Waals surface area (Å²) in [6, 6.07) is -0.372. The second kappa shape index (κ2) is 6.82. The van der Waals surface area contributed by atoms with Gasteiger partial charge in [0.25, 0.3) is 0 Å². The second-order valence-corrected chi connectivity index (χ2v) is 6.07. The van der Waals surface area contributed by atoms with E-state index in [1.807, 2.05) is 0 Å². The van der Waals surface area contributed by atoms with Crippen LogP contribution in [-0.2, 0) is 14.3 Å². The van der Waals surface area contributed by atoms with Crippen molar-refractivity contribution >= 4 is 5.78 Å². The van der Waals surface area contributed by atoms with Crippen molar-refractivity contribution in [3.63, 3.8) is 0 Å². The van der Waals surface area contributed by atoms with Gasteiger partial charge in [0.2, 0.25) is 0 Å². The molecule has 110 valence electrons. The van der Waals surface area contributed by atoms with Crippen LogP contribution in [0.1, 0.15) is 51.4 Å². The first-order valence-electron chi connectivity index (χ1n) is 7.59. The number of nitrogens with two attached hydrogens (primary N) is 1. The largest absolute Gasteiger partial charge is 0.385 e. The standard InChI is InChI=1S/C15H27NO3/c1-18-9-6-13(16)14(17)12-5-10-19-15(11-12)7-3-2-4-8-15/h12-13H,2-11,16H2,1H3. The maximum absolute atomic E-state index is 12.4. The van der Waals surface area contributed by atoms with Gasteiger partial charge >= 0.3 is 0 Å². The fraction of sp³-hybridized carbons (Fsp3) is 0.933. The third kappa shape index (κ3) is 3.77. The van der Waals surface area contributed by atoms with E-state index in [0.29, 0.717) is 19.6 Å². The molecule has 1 aliphatic heterocycles. The maximum atomic E-state index is 12.4. The van der Waals surface area contributed by atoms with E-state index in [2.05, 4.69) is 0 Å². The zero-order valence-electron chi connectivity index (χ0n) is 12.0. The fourth-order valence-electron chi connectivity index (χ4n) is 3.50. The summed E-state index contributed by atoms with van der Waals surface area (Å²) in [5.41, 5.74) is 5.97. The number of carbonyl (C=O) groups is 1. The molecule has 0 aromatic heterocycles. The van der Waals surface area contributed by atoms with E-state index in [9.17, 15) is 4.79 Å². The van der Waals surface area contributed by atoms with Crippen molar-refractivity contribution in [2.24, 2.45) is 11.7 Å². The van der Waals surface area contributed by atoms with E-state index in [1.165, 1.54) is 19.3 Å². The maximum Gasteiger partial charge on any atom is 0.152 e. The number of methoxy groups -OCH3 is 1. The Morgan fingerprint density at radius 2 is 2.16 bits per heavy atom. The van der Waals surface area contributed by atoms with Crippen LogP contribution >= 0.6 is 0 Å². The molecule has 0 aromatic rings. The quantitative estimate of drug-likeness (QED) is 0.829. The van der Waals surface area contributed by atoms with Crippen molar-refractivity contribution in [1.29, 1.82) is 0 Å². The molecule has 2 rings (SSSR count). The number of hydrogen-bond donors (Lipinski definition) is 1. The lowest BCUT2D eigenvalue weighted by Gasteiger charge is -2.43. The first-order chi connectivity index (χ1) is 9.17. The Balaban J connectivity index is 1.91. The molecule has 2 unspecified atom stereocenters. The van der Waals surface area contributed by atoms with Crippen LogP contribution in [0.3, 0.4) is 0 Å². The molecule has 1 saturated heterocycles. The Hall–Kier alpha value is -0.450. The number of rotatable bonds is 5. The van der Waals surface area contributed by atoms with Gasteiger partial charge in [0, 0.05) is 26.2 Å². The highest BCUT2D eigenvalue weighted by atomic mass is 16.5. The number of Topliss-reactive ketones (excluding diaryl/α,β-unsaturated/α-hetero) is 1. The van der Waals surface area contributed by atoms with Crippen LogP contribution in [0.4, 0.5) is 0 Å². The van der Waals surface area contributed by atoms with Crippen molar-refractivity contribution in [2.45, 2.75) is 63.0 Å². The van der Waals surface area contributed by atoms with Crippen LogP contribution in [0.2, 0.25) is 0 Å². The Kier molecular flexibility index (Phi) is 5.37. The van der Waals surface area contributed by atoms with Crippen LogP contribution in [-0.4, -0.2) is 37.7 Å². The smallest absolute Gasteiger partial charge is 0.152 e. The van der Waals surface area contributed by atoms with E-state index in [-0.39, 0.29) is 23.3 Å². The van der Waals surface area contributed by atoms with E-state index in [0.717, 1.165) is 25.7 Å². The molecule has 2 fully saturated rings. The fourth-order valence-corrected chi connectivity index (χ4v) is 3.50. The lowest BCUT2D eigenvalue weighted by atomic mass is 9.74. The molecule has 0 radical (unpaired) electrons. The minimum Gasteiger partial charge on any atom is -0.385 e. The summed E-state index contributed by atoms with van der Waals surface area (Å²) in [5, 5.41) is 0. The van der Waals surface area contributed by atoms with Crippen molar-refractivity contribution in [3.8, 4) is 0 Å². The van der Waals surface area contributed by atoms with E-state index < -0.39 is 0 Å². The topological polar surface area (TPSA) is 61.5 Å². The van der Waals surface area contributed by atoms with Gasteiger partial charge in [-0.1, -0.05) is 19.3 Å². The van der Waals surface area contributed by atoms with Crippen LogP contribution in [0.15, 0.2) is 0 Å². The molecule has 0 amide bonds. The number of ether oxygens (including phenoxy) is 2. The monoisotopic (exact) mass is 269 g/mol. The molecule has 1 saturated carbocycles. The van der Waals surface area contributed by atoms with Crippen molar-refractivity contribution in [1.82, 2.24) is 0 Å². The zero-order chi connectivity index (χ0) is 13.7. The molecule has 2 aliphatic rings. The normalized spacial score (nSPS) is 28.2. The van der Waals surface area contributed by atoms with Gasteiger partial charge in [0.05, 0.1) is 11.6 Å². The predicted octanol–water partition coefficient (Wildman–Crippen LogP) is 2.05. The summed E-state index contributed by atoms with van der Waals surface area (Å²) in [6.07, 6.45) is 8.34. The van der Waals surface area contributed by atoms with Gasteiger partial charge in [-0.25, -0.2) is 0 Å². The van der Waals surface area contributed by atoms with Crippen LogP contribution in [0.5, 0.6) is 0 Å². The third-order valence-corrected chi connectivity index (χ3v) is 4.66. The van der Waals surface area contributed by atoms with Gasteiger partial charge in [-0.15, -0.1) is 0 Å². The van der Waals surface area contributed by atoms with Gasteiger partial charge in [-0.05, 0) is 32.1 Å². The zero-order valence-corrected chi connectivity index (χ0v) is 12.0. The molecule has 2 N–H and O–H groups in total. The van der Waals surface area contributed by atoms with Gasteiger partial charge < -0.3 is 15.2 Å². The van der Waals surface area contributed by atoms with Crippen LogP contribution in [0.25, 0.3) is 0 Å². The molecular formula is C15H27NO3. The Morgan fingerprint density at radius 3 is 2.84 bits per heavy atom. The Bertz CT molecular complexity index is 294. The van der Waals surface area contributed by atoms with Crippen molar-refractivity contribution in [3.05, 3.63) is 0 Å². The minimum atomic E-state index is -0.372. The minimum absolute atomic E-state index is 0.0161. The molecule has 4 nitrogen and oxygen atoms in total. The van der Waals surface area contributed by atoms with Crippen LogP contribution in [0, 0.1) is 5.92 Å². The molecule has 1 aliphatic carbocycles. The summed E-state index contributed by atoms with van der Waals surface area (Å²) < 4.78 is 11.0. The number of ketones is 1. The molecule has 4 heteroatoms. The lowest BCUT2D eigenvalue weighted by Crippen LogP contribution is -2.47. The molecule has 2 atom stereocenters. The Morgan fingerprint density at radius 1 is 1.42 bits per heavy atom. The summed E-state index contributed by atoms with van der Waals surface area (Å²) >= 11 is 0. The van der Waals surface area contributed by atoms with E-state index in [1.54, 1.807) is 7.11 Å². The number of carbonyl (C=O) groups excluding carboxylic acids is 1. The first kappa shape index (κ1) is 14.9. The highest BCUT2D eigenvalue weighted by molar-refractivity contribution is 5.86. The highest BCUT2D eigenvalue weighted by Crippen LogP contribution is 2.41. The lowest BCUT2D eigenvalue weighted by molar-refractivity contribution is -0.144. The molecule has 0 bridgehead atoms. The Labute approximate surface area is 116 Å². The van der Waals surface area contributed by atoms with Crippen molar-refractivity contribution in [2.75, 3.05) is 20.3 Å². The van der Waals surface area contributed by atoms with Gasteiger partial charge in [-0.3, -0.25) is 4.79 Å². The molecule has 0 aromatic carbocycles. The summed E-state index contributed by atoms with van der Waals surface area (Å²) in [5.74, 6) is 0.309. The summed E-state index contributed by atoms with van der Waals surface area (Å²) in [4.78, 5) is 12.4. The van der Waals surface area contributed by atoms with Gasteiger partial charge in [-0.2, -0.15) is 0 Å². The van der Waals surface area contributed by atoms with E-state index >= 15 is 0 Å². The molecule has 1 spiro atoms. The average Bonchev–Trinajstić information content (AvgIpc) is 2.45. The first-order valence-corrected chi connectivity index (χ1v) is 7.59. The second-order valence-electron chi connectivity index (χ2n) is 6.07. The highest BCUT2D eigenvalue weighted by Gasteiger charge is 2.41. The molecular weight excluding hydrogens is 242 g/mol. The molecule has 19 heavy (non-hydrogen) atoms. The van der Waals surface area contributed by atoms with Gasteiger partial charge in [0.1, 0.15) is 0 Å². The average molecular weight is 269 g/mol. The predicted molar refractivity (Wildman–Crippen MR) is 74.0 cm³/mol. The van der Waals surface area contributed by atoms with Crippen molar-refractivity contribution < 1.29 is 14.3 Å².